The minimum Gasteiger partial charge on any atom is -0.380 e. The van der Waals surface area contributed by atoms with Gasteiger partial charge in [-0.15, -0.1) is 35.0 Å². The number of piperidine rings is 3. The van der Waals surface area contributed by atoms with Gasteiger partial charge in [-0.2, -0.15) is 0 Å². The predicted octanol–water partition coefficient (Wildman–Crippen LogP) is 1.34. The van der Waals surface area contributed by atoms with E-state index in [-0.39, 0.29) is 64.4 Å². The van der Waals surface area contributed by atoms with Crippen LogP contribution < -0.4 is 26.6 Å². The average Bonchev–Trinajstić information content (AvgIpc) is 3.48. The Hall–Kier alpha value is -0.470. The summed E-state index contributed by atoms with van der Waals surface area (Å²) in [4.78, 5) is 28.6. The van der Waals surface area contributed by atoms with Crippen molar-refractivity contribution in [2.75, 3.05) is 33.3 Å². The SMILES string of the molecule is COC1CNC(Cl)CC1C1CC(C)NCC1C(=O)NC1NC2CN(C(=O)C3NC(C)C(C(F)F)CC3Cl)CC2S1. The molecule has 2 amide bonds. The second-order valence-electron chi connectivity index (χ2n) is 12.1. The first-order valence-electron chi connectivity index (χ1n) is 14.4. The van der Waals surface area contributed by atoms with Gasteiger partial charge in [-0.1, -0.05) is 0 Å². The lowest BCUT2D eigenvalue weighted by Gasteiger charge is -2.45. The van der Waals surface area contributed by atoms with E-state index in [9.17, 15) is 18.4 Å². The van der Waals surface area contributed by atoms with Crippen molar-refractivity contribution >= 4 is 46.8 Å². The van der Waals surface area contributed by atoms with Crippen molar-refractivity contribution < 1.29 is 23.1 Å². The Morgan fingerprint density at radius 3 is 2.52 bits per heavy atom. The van der Waals surface area contributed by atoms with E-state index in [1.54, 1.807) is 30.7 Å². The second-order valence-corrected chi connectivity index (χ2v) is 14.6. The highest BCUT2D eigenvalue weighted by Gasteiger charge is 2.49. The van der Waals surface area contributed by atoms with Gasteiger partial charge < -0.3 is 25.6 Å². The van der Waals surface area contributed by atoms with Crippen LogP contribution in [0.3, 0.4) is 0 Å². The average molecular weight is 628 g/mol. The van der Waals surface area contributed by atoms with Gasteiger partial charge >= 0.3 is 0 Å². The molecule has 228 valence electrons. The number of fused-ring (bicyclic) bond motifs is 1. The summed E-state index contributed by atoms with van der Waals surface area (Å²) in [7, 11) is 1.72. The molecule has 13 atom stereocenters. The Bertz CT molecular complexity index is 916. The van der Waals surface area contributed by atoms with Gasteiger partial charge in [0.2, 0.25) is 18.2 Å². The van der Waals surface area contributed by atoms with E-state index in [1.807, 2.05) is 0 Å². The number of nitrogens with one attached hydrogen (secondary N) is 5. The van der Waals surface area contributed by atoms with Gasteiger partial charge in [-0.3, -0.25) is 20.2 Å². The number of nitrogens with zero attached hydrogens (tertiary/aromatic N) is 1. The van der Waals surface area contributed by atoms with E-state index in [2.05, 4.69) is 33.5 Å². The monoisotopic (exact) mass is 626 g/mol. The lowest BCUT2D eigenvalue weighted by molar-refractivity contribution is -0.134. The zero-order valence-corrected chi connectivity index (χ0v) is 25.5. The van der Waals surface area contributed by atoms with Crippen molar-refractivity contribution in [1.29, 1.82) is 0 Å². The second kappa shape index (κ2) is 13.0. The molecule has 9 nitrogen and oxygen atoms in total. The maximum atomic E-state index is 13.6. The lowest BCUT2D eigenvalue weighted by atomic mass is 9.70. The Labute approximate surface area is 249 Å². The van der Waals surface area contributed by atoms with E-state index in [1.165, 1.54) is 0 Å². The Morgan fingerprint density at radius 1 is 1.05 bits per heavy atom. The molecule has 14 heteroatoms. The highest BCUT2D eigenvalue weighted by Crippen LogP contribution is 2.39. The minimum absolute atomic E-state index is 0.0120. The number of amides is 2. The largest absolute Gasteiger partial charge is 0.380 e. The number of carbonyl (C=O) groups is 2. The molecule has 0 spiro atoms. The van der Waals surface area contributed by atoms with Crippen LogP contribution in [-0.4, -0.2) is 108 Å². The highest BCUT2D eigenvalue weighted by molar-refractivity contribution is 8.00. The number of ether oxygens (including phenoxy) is 1. The van der Waals surface area contributed by atoms with Crippen LogP contribution in [0.4, 0.5) is 8.78 Å². The third-order valence-electron chi connectivity index (χ3n) is 9.58. The fraction of sp³-hybridized carbons (Fsp3) is 0.923. The Morgan fingerprint density at radius 2 is 1.82 bits per heavy atom. The quantitative estimate of drug-likeness (QED) is 0.222. The number of alkyl halides is 4. The topological polar surface area (TPSA) is 107 Å². The Kier molecular flexibility index (Phi) is 10.1. The van der Waals surface area contributed by atoms with Crippen molar-refractivity contribution in [3.8, 4) is 0 Å². The van der Waals surface area contributed by atoms with Crippen molar-refractivity contribution in [3.05, 3.63) is 0 Å². The van der Waals surface area contributed by atoms with E-state index in [0.717, 1.165) is 12.8 Å². The van der Waals surface area contributed by atoms with Crippen LogP contribution >= 0.6 is 35.0 Å². The maximum absolute atomic E-state index is 13.6. The summed E-state index contributed by atoms with van der Waals surface area (Å²) >= 11 is 14.5. The summed E-state index contributed by atoms with van der Waals surface area (Å²) < 4.78 is 32.4. The molecule has 5 N–H and O–H groups in total. The van der Waals surface area contributed by atoms with Gasteiger partial charge in [0.25, 0.3) is 0 Å². The van der Waals surface area contributed by atoms with E-state index < -0.39 is 29.8 Å². The molecule has 5 rings (SSSR count). The molecule has 40 heavy (non-hydrogen) atoms. The number of hydrogen-bond donors (Lipinski definition) is 5. The first-order valence-corrected chi connectivity index (χ1v) is 16.2. The number of hydrogen-bond acceptors (Lipinski definition) is 8. The molecule has 0 aromatic carbocycles. The van der Waals surface area contributed by atoms with E-state index in [4.69, 9.17) is 27.9 Å². The molecular weight excluding hydrogens is 585 g/mol. The van der Waals surface area contributed by atoms with Crippen LogP contribution in [0.5, 0.6) is 0 Å². The number of halogens is 4. The fourth-order valence-corrected chi connectivity index (χ4v) is 9.39. The molecular formula is C26H42Cl2F2N6O3S. The highest BCUT2D eigenvalue weighted by atomic mass is 35.5. The van der Waals surface area contributed by atoms with Crippen molar-refractivity contribution in [2.24, 2.45) is 23.7 Å². The van der Waals surface area contributed by atoms with Crippen molar-refractivity contribution in [1.82, 2.24) is 31.5 Å². The van der Waals surface area contributed by atoms with Gasteiger partial charge in [0.1, 0.15) is 11.5 Å². The zero-order chi connectivity index (χ0) is 28.7. The molecule has 0 aromatic rings. The number of thioether (sulfide) groups is 1. The van der Waals surface area contributed by atoms with Crippen LogP contribution in [0.1, 0.15) is 33.1 Å². The molecule has 5 saturated heterocycles. The molecule has 13 unspecified atom stereocenters. The molecule has 5 fully saturated rings. The minimum atomic E-state index is -2.47. The predicted molar refractivity (Wildman–Crippen MR) is 153 cm³/mol. The smallest absolute Gasteiger partial charge is 0.242 e. The molecule has 0 aromatic heterocycles. The maximum Gasteiger partial charge on any atom is 0.242 e. The van der Waals surface area contributed by atoms with Crippen molar-refractivity contribution in [2.45, 2.75) is 91.4 Å². The third kappa shape index (κ3) is 6.54. The molecule has 5 aliphatic rings. The van der Waals surface area contributed by atoms with Gasteiger partial charge in [-0.05, 0) is 44.9 Å². The summed E-state index contributed by atoms with van der Waals surface area (Å²) in [6, 6.07) is -0.823. The summed E-state index contributed by atoms with van der Waals surface area (Å²) in [5, 5.41) is 15.9. The van der Waals surface area contributed by atoms with Crippen LogP contribution in [0, 0.1) is 23.7 Å². The van der Waals surface area contributed by atoms with Gasteiger partial charge in [-0.25, -0.2) is 8.78 Å². The number of methoxy groups -OCH3 is 1. The molecule has 0 bridgehead atoms. The van der Waals surface area contributed by atoms with Crippen LogP contribution in [-0.2, 0) is 14.3 Å². The summed E-state index contributed by atoms with van der Waals surface area (Å²) in [6.07, 6.45) is -0.715. The summed E-state index contributed by atoms with van der Waals surface area (Å²) in [6.45, 7) is 6.13. The Balaban J connectivity index is 1.15. The van der Waals surface area contributed by atoms with E-state index >= 15 is 0 Å². The molecule has 5 aliphatic heterocycles. The van der Waals surface area contributed by atoms with Crippen LogP contribution in [0.15, 0.2) is 0 Å². The first-order chi connectivity index (χ1) is 19.0. The molecule has 5 heterocycles. The summed E-state index contributed by atoms with van der Waals surface area (Å²) in [5.74, 6) is -0.842. The van der Waals surface area contributed by atoms with Gasteiger partial charge in [0.15, 0.2) is 0 Å². The fourth-order valence-electron chi connectivity index (χ4n) is 7.30. The third-order valence-corrected chi connectivity index (χ3v) is 11.7. The van der Waals surface area contributed by atoms with E-state index in [0.29, 0.717) is 32.2 Å². The number of carbonyl (C=O) groups excluding carboxylic acids is 2. The molecule has 0 saturated carbocycles. The lowest BCUT2D eigenvalue weighted by Crippen LogP contribution is -2.60. The molecule has 0 aliphatic carbocycles. The number of likely N-dealkylation sites (tertiary alicyclic amines) is 1. The van der Waals surface area contributed by atoms with Crippen molar-refractivity contribution in [3.63, 3.8) is 0 Å². The standard InChI is InChI=1S/C26H42Cl2F2N6O3S/c1-11-4-14(15-6-21(28)32-8-19(15)39-3)16(7-31-11)24(37)35-26-34-18-9-36(10-20(18)40-26)25(38)22-17(27)5-13(23(29)30)12(2)33-22/h11-23,26,31-34H,4-10H2,1-3H3,(H,35,37). The van der Waals surface area contributed by atoms with Crippen LogP contribution in [0.25, 0.3) is 0 Å². The summed E-state index contributed by atoms with van der Waals surface area (Å²) in [5.41, 5.74) is -0.374. The first kappa shape index (κ1) is 31.0. The van der Waals surface area contributed by atoms with Gasteiger partial charge in [0.05, 0.1) is 22.9 Å². The van der Waals surface area contributed by atoms with Crippen LogP contribution in [0.2, 0.25) is 0 Å². The number of rotatable bonds is 6. The zero-order valence-electron chi connectivity index (χ0n) is 23.1. The normalized spacial score (nSPS) is 45.9. The molecule has 0 radical (unpaired) electrons. The van der Waals surface area contributed by atoms with Gasteiger partial charge in [0, 0.05) is 62.6 Å².